The van der Waals surface area contributed by atoms with Gasteiger partial charge in [-0.3, -0.25) is 4.79 Å². The second-order valence-electron chi connectivity index (χ2n) is 8.06. The number of anilines is 3. The van der Waals surface area contributed by atoms with Gasteiger partial charge in [0, 0.05) is 18.3 Å². The van der Waals surface area contributed by atoms with Crippen LogP contribution in [0, 0.1) is 0 Å². The van der Waals surface area contributed by atoms with Crippen LogP contribution in [0.2, 0.25) is 0 Å². The second-order valence-corrected chi connectivity index (χ2v) is 8.06. The lowest BCUT2D eigenvalue weighted by atomic mass is 9.90. The van der Waals surface area contributed by atoms with Gasteiger partial charge in [0.25, 0.3) is 0 Å². The Kier molecular flexibility index (Phi) is 6.03. The zero-order valence-electron chi connectivity index (χ0n) is 17.4. The summed E-state index contributed by atoms with van der Waals surface area (Å²) in [7, 11) is 0. The standard InChI is InChI=1S/C26H29N3O/c1-19-10-8-9-17-29(19)24-16-15-22(27)18-23(24)28-26(30)25(20-11-4-2-5-12-20)21-13-6-3-7-14-21/h2-7,11-16,18-19,25H,8-10,17,27H2,1H3,(H,28,30)/t19-/m0/s1. The molecule has 4 nitrogen and oxygen atoms in total. The summed E-state index contributed by atoms with van der Waals surface area (Å²) in [5, 5.41) is 3.21. The minimum Gasteiger partial charge on any atom is -0.399 e. The van der Waals surface area contributed by atoms with Crippen LogP contribution < -0.4 is 16.0 Å². The molecule has 154 valence electrons. The van der Waals surface area contributed by atoms with Crippen molar-refractivity contribution >= 4 is 23.0 Å². The van der Waals surface area contributed by atoms with Crippen molar-refractivity contribution in [2.75, 3.05) is 22.5 Å². The Morgan fingerprint density at radius 3 is 2.20 bits per heavy atom. The molecular formula is C26H29N3O. The molecule has 0 saturated carbocycles. The second kappa shape index (κ2) is 9.04. The fraction of sp³-hybridized carbons (Fsp3) is 0.269. The molecule has 0 spiro atoms. The van der Waals surface area contributed by atoms with Crippen LogP contribution in [0.15, 0.2) is 78.9 Å². The zero-order chi connectivity index (χ0) is 20.9. The first kappa shape index (κ1) is 20.0. The number of nitrogens with one attached hydrogen (secondary N) is 1. The van der Waals surface area contributed by atoms with Crippen molar-refractivity contribution in [2.24, 2.45) is 0 Å². The number of nitrogens with zero attached hydrogens (tertiary/aromatic N) is 1. The van der Waals surface area contributed by atoms with Crippen molar-refractivity contribution in [1.82, 2.24) is 0 Å². The average molecular weight is 400 g/mol. The van der Waals surface area contributed by atoms with Crippen LogP contribution in [0.5, 0.6) is 0 Å². The van der Waals surface area contributed by atoms with Crippen molar-refractivity contribution in [3.05, 3.63) is 90.0 Å². The van der Waals surface area contributed by atoms with Gasteiger partial charge in [-0.2, -0.15) is 0 Å². The summed E-state index contributed by atoms with van der Waals surface area (Å²) < 4.78 is 0. The number of hydrogen-bond donors (Lipinski definition) is 2. The molecule has 1 aliphatic rings. The Labute approximate surface area is 178 Å². The van der Waals surface area contributed by atoms with E-state index in [1.807, 2.05) is 78.9 Å². The molecule has 30 heavy (non-hydrogen) atoms. The summed E-state index contributed by atoms with van der Waals surface area (Å²) in [6.07, 6.45) is 3.57. The first-order chi connectivity index (χ1) is 14.6. The van der Waals surface area contributed by atoms with E-state index >= 15 is 0 Å². The lowest BCUT2D eigenvalue weighted by molar-refractivity contribution is -0.116. The normalized spacial score (nSPS) is 16.5. The molecule has 1 heterocycles. The Morgan fingerprint density at radius 1 is 0.967 bits per heavy atom. The van der Waals surface area contributed by atoms with Crippen molar-refractivity contribution < 1.29 is 4.79 Å². The molecular weight excluding hydrogens is 370 g/mol. The summed E-state index contributed by atoms with van der Waals surface area (Å²) in [5.41, 5.74) is 10.5. The minimum atomic E-state index is -0.388. The van der Waals surface area contributed by atoms with E-state index in [0.717, 1.165) is 35.5 Å². The first-order valence-corrected chi connectivity index (χ1v) is 10.7. The van der Waals surface area contributed by atoms with E-state index in [4.69, 9.17) is 5.73 Å². The largest absolute Gasteiger partial charge is 0.399 e. The number of rotatable bonds is 5. The third-order valence-electron chi connectivity index (χ3n) is 5.92. The third kappa shape index (κ3) is 4.33. The molecule has 0 aromatic heterocycles. The number of hydrogen-bond acceptors (Lipinski definition) is 3. The Morgan fingerprint density at radius 2 is 1.60 bits per heavy atom. The van der Waals surface area contributed by atoms with Gasteiger partial charge in [-0.25, -0.2) is 0 Å². The van der Waals surface area contributed by atoms with E-state index in [1.54, 1.807) is 0 Å². The molecule has 3 N–H and O–H groups in total. The molecule has 0 aliphatic carbocycles. The maximum atomic E-state index is 13.6. The van der Waals surface area contributed by atoms with E-state index < -0.39 is 0 Å². The summed E-state index contributed by atoms with van der Waals surface area (Å²) in [5.74, 6) is -0.440. The molecule has 0 radical (unpaired) electrons. The predicted molar refractivity (Wildman–Crippen MR) is 125 cm³/mol. The highest BCUT2D eigenvalue weighted by Crippen LogP contribution is 2.34. The van der Waals surface area contributed by atoms with Crippen molar-refractivity contribution in [3.8, 4) is 0 Å². The number of carbonyl (C=O) groups excluding carboxylic acids is 1. The quantitative estimate of drug-likeness (QED) is 0.563. The van der Waals surface area contributed by atoms with E-state index in [9.17, 15) is 4.79 Å². The van der Waals surface area contributed by atoms with Gasteiger partial charge in [0.1, 0.15) is 0 Å². The van der Waals surface area contributed by atoms with Crippen LogP contribution in [0.1, 0.15) is 43.2 Å². The van der Waals surface area contributed by atoms with Gasteiger partial charge < -0.3 is 16.0 Å². The molecule has 4 rings (SSSR count). The van der Waals surface area contributed by atoms with Crippen LogP contribution in [0.25, 0.3) is 0 Å². The molecule has 3 aromatic carbocycles. The highest BCUT2D eigenvalue weighted by atomic mass is 16.1. The number of nitrogens with two attached hydrogens (primary N) is 1. The smallest absolute Gasteiger partial charge is 0.236 e. The number of benzene rings is 3. The van der Waals surface area contributed by atoms with Crippen LogP contribution in [0.3, 0.4) is 0 Å². The molecule has 1 atom stereocenters. The first-order valence-electron chi connectivity index (χ1n) is 10.7. The molecule has 1 amide bonds. The molecule has 3 aromatic rings. The Hall–Kier alpha value is -3.27. The minimum absolute atomic E-state index is 0.0519. The number of piperidine rings is 1. The zero-order valence-corrected chi connectivity index (χ0v) is 17.4. The lowest BCUT2D eigenvalue weighted by Crippen LogP contribution is -2.38. The van der Waals surface area contributed by atoms with Gasteiger partial charge in [-0.05, 0) is 55.5 Å². The number of amides is 1. The summed E-state index contributed by atoms with van der Waals surface area (Å²) in [4.78, 5) is 16.0. The number of carbonyl (C=O) groups is 1. The van der Waals surface area contributed by atoms with Gasteiger partial charge in [0.2, 0.25) is 5.91 Å². The van der Waals surface area contributed by atoms with Gasteiger partial charge in [-0.1, -0.05) is 60.7 Å². The Bertz CT molecular complexity index is 948. The summed E-state index contributed by atoms with van der Waals surface area (Å²) >= 11 is 0. The third-order valence-corrected chi connectivity index (χ3v) is 5.92. The average Bonchev–Trinajstić information content (AvgIpc) is 2.76. The van der Waals surface area contributed by atoms with E-state index in [2.05, 4.69) is 17.1 Å². The van der Waals surface area contributed by atoms with Crippen molar-refractivity contribution in [1.29, 1.82) is 0 Å². The van der Waals surface area contributed by atoms with Gasteiger partial charge in [-0.15, -0.1) is 0 Å². The van der Waals surface area contributed by atoms with Crippen molar-refractivity contribution in [3.63, 3.8) is 0 Å². The molecule has 4 heteroatoms. The van der Waals surface area contributed by atoms with E-state index in [-0.39, 0.29) is 11.8 Å². The van der Waals surface area contributed by atoms with Crippen LogP contribution >= 0.6 is 0 Å². The van der Waals surface area contributed by atoms with E-state index in [1.165, 1.54) is 12.8 Å². The molecule has 0 unspecified atom stereocenters. The summed E-state index contributed by atoms with van der Waals surface area (Å²) in [6.45, 7) is 3.24. The van der Waals surface area contributed by atoms with Crippen LogP contribution in [-0.4, -0.2) is 18.5 Å². The van der Waals surface area contributed by atoms with E-state index in [0.29, 0.717) is 11.7 Å². The monoisotopic (exact) mass is 399 g/mol. The highest BCUT2D eigenvalue weighted by molar-refractivity contribution is 6.01. The SMILES string of the molecule is C[C@H]1CCCCN1c1ccc(N)cc1NC(=O)C(c1ccccc1)c1ccccc1. The van der Waals surface area contributed by atoms with Crippen LogP contribution in [0.4, 0.5) is 17.1 Å². The molecule has 1 saturated heterocycles. The molecule has 0 bridgehead atoms. The van der Waals surface area contributed by atoms with Crippen molar-refractivity contribution in [2.45, 2.75) is 38.1 Å². The topological polar surface area (TPSA) is 58.4 Å². The summed E-state index contributed by atoms with van der Waals surface area (Å²) in [6, 6.07) is 26.1. The van der Waals surface area contributed by atoms with Gasteiger partial charge in [0.05, 0.1) is 17.3 Å². The fourth-order valence-corrected chi connectivity index (χ4v) is 4.35. The maximum absolute atomic E-state index is 13.6. The molecule has 1 aliphatic heterocycles. The fourth-order valence-electron chi connectivity index (χ4n) is 4.35. The predicted octanol–water partition coefficient (Wildman–Crippen LogP) is 5.42. The molecule has 1 fully saturated rings. The Balaban J connectivity index is 1.68. The lowest BCUT2D eigenvalue weighted by Gasteiger charge is -2.36. The van der Waals surface area contributed by atoms with Gasteiger partial charge >= 0.3 is 0 Å². The van der Waals surface area contributed by atoms with Gasteiger partial charge in [0.15, 0.2) is 0 Å². The number of nitrogen functional groups attached to an aromatic ring is 1. The highest BCUT2D eigenvalue weighted by Gasteiger charge is 2.26. The van der Waals surface area contributed by atoms with Crippen LogP contribution in [-0.2, 0) is 4.79 Å². The maximum Gasteiger partial charge on any atom is 0.236 e.